The van der Waals surface area contributed by atoms with Gasteiger partial charge in [-0.25, -0.2) is 14.5 Å². The van der Waals surface area contributed by atoms with Crippen LogP contribution in [0, 0.1) is 13.8 Å². The lowest BCUT2D eigenvalue weighted by Crippen LogP contribution is -2.03. The predicted octanol–water partition coefficient (Wildman–Crippen LogP) is 3.81. The summed E-state index contributed by atoms with van der Waals surface area (Å²) in [5.74, 6) is 0.609. The molecule has 0 atom stereocenters. The fourth-order valence-corrected chi connectivity index (χ4v) is 3.49. The lowest BCUT2D eigenvalue weighted by Gasteiger charge is -2.07. The first kappa shape index (κ1) is 15.7. The van der Waals surface area contributed by atoms with E-state index in [0.29, 0.717) is 5.82 Å². The zero-order valence-electron chi connectivity index (χ0n) is 15.2. The van der Waals surface area contributed by atoms with E-state index in [1.807, 2.05) is 24.3 Å². The Balaban J connectivity index is 1.72. The van der Waals surface area contributed by atoms with Crippen molar-refractivity contribution in [2.45, 2.75) is 20.4 Å². The fourth-order valence-electron chi connectivity index (χ4n) is 3.49. The number of benzene rings is 1. The van der Waals surface area contributed by atoms with Crippen LogP contribution in [0.5, 0.6) is 0 Å². The Labute approximate surface area is 156 Å². The van der Waals surface area contributed by atoms with Crippen LogP contribution in [0.3, 0.4) is 0 Å². The molecule has 0 aliphatic heterocycles. The van der Waals surface area contributed by atoms with Gasteiger partial charge in [0.1, 0.15) is 17.7 Å². The average molecular weight is 354 g/mol. The highest BCUT2D eigenvalue weighted by atomic mass is 15.3. The zero-order valence-corrected chi connectivity index (χ0v) is 15.2. The Morgan fingerprint density at radius 3 is 2.48 bits per heavy atom. The summed E-state index contributed by atoms with van der Waals surface area (Å²) in [5, 5.41) is 5.61. The van der Waals surface area contributed by atoms with E-state index in [1.165, 1.54) is 16.8 Å². The molecule has 132 valence electrons. The lowest BCUT2D eigenvalue weighted by molar-refractivity contribution is 0.787. The van der Waals surface area contributed by atoms with Crippen molar-refractivity contribution in [1.29, 1.82) is 0 Å². The van der Waals surface area contributed by atoms with Crippen LogP contribution in [0.1, 0.15) is 16.8 Å². The smallest absolute Gasteiger partial charge is 0.200 e. The van der Waals surface area contributed by atoms with Crippen LogP contribution in [-0.4, -0.2) is 29.1 Å². The molecular formula is C21H18N6. The van der Waals surface area contributed by atoms with Crippen LogP contribution >= 0.6 is 0 Å². The van der Waals surface area contributed by atoms with Gasteiger partial charge in [0.15, 0.2) is 5.65 Å². The number of fused-ring (bicyclic) bond motifs is 3. The van der Waals surface area contributed by atoms with Crippen molar-refractivity contribution in [3.05, 3.63) is 77.9 Å². The molecule has 0 saturated heterocycles. The molecule has 0 amide bonds. The quantitative estimate of drug-likeness (QED) is 0.494. The molecule has 0 bridgehead atoms. The molecule has 4 aromatic heterocycles. The number of rotatable bonds is 3. The third kappa shape index (κ3) is 2.49. The van der Waals surface area contributed by atoms with Crippen molar-refractivity contribution in [3.63, 3.8) is 0 Å². The number of pyridine rings is 1. The van der Waals surface area contributed by atoms with Gasteiger partial charge in [-0.2, -0.15) is 0 Å². The zero-order chi connectivity index (χ0) is 18.4. The van der Waals surface area contributed by atoms with Crippen LogP contribution in [0.25, 0.3) is 28.2 Å². The summed E-state index contributed by atoms with van der Waals surface area (Å²) in [6.45, 7) is 5.03. The molecule has 27 heavy (non-hydrogen) atoms. The normalized spacial score (nSPS) is 11.5. The van der Waals surface area contributed by atoms with Gasteiger partial charge in [-0.1, -0.05) is 36.4 Å². The second-order valence-corrected chi connectivity index (χ2v) is 6.64. The number of aromatic nitrogens is 6. The molecule has 5 rings (SSSR count). The van der Waals surface area contributed by atoms with Crippen LogP contribution < -0.4 is 0 Å². The van der Waals surface area contributed by atoms with Crippen LogP contribution in [0.2, 0.25) is 0 Å². The average Bonchev–Trinajstić information content (AvgIpc) is 3.25. The van der Waals surface area contributed by atoms with Crippen molar-refractivity contribution >= 4 is 16.7 Å². The van der Waals surface area contributed by atoms with E-state index in [-0.39, 0.29) is 0 Å². The first-order chi connectivity index (χ1) is 13.2. The van der Waals surface area contributed by atoms with Crippen molar-refractivity contribution < 1.29 is 0 Å². The summed E-state index contributed by atoms with van der Waals surface area (Å²) in [6.07, 6.45) is 3.48. The largest absolute Gasteiger partial charge is 0.325 e. The minimum absolute atomic E-state index is 0.609. The summed E-state index contributed by atoms with van der Waals surface area (Å²) in [6, 6.07) is 16.2. The third-order valence-electron chi connectivity index (χ3n) is 5.02. The minimum Gasteiger partial charge on any atom is -0.325 e. The lowest BCUT2D eigenvalue weighted by atomic mass is 10.2. The highest BCUT2D eigenvalue weighted by Crippen LogP contribution is 2.28. The van der Waals surface area contributed by atoms with E-state index in [9.17, 15) is 0 Å². The predicted molar refractivity (Wildman–Crippen MR) is 105 cm³/mol. The van der Waals surface area contributed by atoms with Gasteiger partial charge >= 0.3 is 0 Å². The van der Waals surface area contributed by atoms with Gasteiger partial charge in [-0.05, 0) is 37.1 Å². The van der Waals surface area contributed by atoms with Gasteiger partial charge in [0.05, 0.1) is 5.39 Å². The number of hydrogen-bond acceptors (Lipinski definition) is 4. The number of hydrogen-bond donors (Lipinski definition) is 0. The van der Waals surface area contributed by atoms with E-state index in [2.05, 4.69) is 52.8 Å². The highest BCUT2D eigenvalue weighted by molar-refractivity contribution is 5.94. The summed E-state index contributed by atoms with van der Waals surface area (Å²) in [7, 11) is 0. The molecule has 0 N–H and O–H groups in total. The molecule has 1 aromatic carbocycles. The van der Waals surface area contributed by atoms with Crippen LogP contribution in [0.4, 0.5) is 0 Å². The maximum Gasteiger partial charge on any atom is 0.200 e. The second kappa shape index (κ2) is 6.02. The molecule has 0 fully saturated rings. The van der Waals surface area contributed by atoms with Crippen molar-refractivity contribution in [3.8, 4) is 11.5 Å². The van der Waals surface area contributed by atoms with Crippen molar-refractivity contribution in [2.24, 2.45) is 0 Å². The molecule has 6 nitrogen and oxygen atoms in total. The van der Waals surface area contributed by atoms with Gasteiger partial charge in [0, 0.05) is 18.4 Å². The molecular weight excluding hydrogens is 336 g/mol. The number of nitrogens with zero attached hydrogens (tertiary/aromatic N) is 6. The Morgan fingerprint density at radius 1 is 0.889 bits per heavy atom. The monoisotopic (exact) mass is 354 g/mol. The molecule has 0 spiro atoms. The SMILES string of the molecule is Cc1c(C)n(Cc2ccccc2)c2ncn3nc(-c4ccccn4)nc3c12. The molecule has 4 heterocycles. The first-order valence-electron chi connectivity index (χ1n) is 8.88. The van der Waals surface area contributed by atoms with E-state index >= 15 is 0 Å². The molecule has 5 aromatic rings. The Hall–Kier alpha value is -3.54. The summed E-state index contributed by atoms with van der Waals surface area (Å²) in [4.78, 5) is 13.8. The van der Waals surface area contributed by atoms with Gasteiger partial charge in [-0.3, -0.25) is 4.98 Å². The van der Waals surface area contributed by atoms with Crippen LogP contribution in [-0.2, 0) is 6.54 Å². The van der Waals surface area contributed by atoms with E-state index in [1.54, 1.807) is 17.0 Å². The van der Waals surface area contributed by atoms with Gasteiger partial charge in [0.2, 0.25) is 5.82 Å². The standard InChI is InChI=1S/C21H18N6/c1-14-15(2)26(12-16-8-4-3-5-9-16)20-18(14)21-24-19(25-27(21)13-23-20)17-10-6-7-11-22-17/h3-11,13H,12H2,1-2H3. The second-order valence-electron chi connectivity index (χ2n) is 6.64. The molecule has 0 radical (unpaired) electrons. The third-order valence-corrected chi connectivity index (χ3v) is 5.02. The van der Waals surface area contributed by atoms with Crippen LogP contribution in [0.15, 0.2) is 61.1 Å². The molecule has 0 aliphatic rings. The maximum atomic E-state index is 4.77. The first-order valence-corrected chi connectivity index (χ1v) is 8.88. The summed E-state index contributed by atoms with van der Waals surface area (Å²) < 4.78 is 3.99. The molecule has 6 heteroatoms. The van der Waals surface area contributed by atoms with Crippen molar-refractivity contribution in [1.82, 2.24) is 29.1 Å². The fraction of sp³-hybridized carbons (Fsp3) is 0.143. The maximum absolute atomic E-state index is 4.77. The van der Waals surface area contributed by atoms with Gasteiger partial charge < -0.3 is 4.57 Å². The molecule has 0 aliphatic carbocycles. The van der Waals surface area contributed by atoms with E-state index in [4.69, 9.17) is 9.97 Å². The topological polar surface area (TPSA) is 60.9 Å². The Morgan fingerprint density at radius 2 is 1.70 bits per heavy atom. The Kier molecular flexibility index (Phi) is 3.50. The Bertz CT molecular complexity index is 1250. The van der Waals surface area contributed by atoms with E-state index in [0.717, 1.165) is 28.9 Å². The van der Waals surface area contributed by atoms with Crippen molar-refractivity contribution in [2.75, 3.05) is 0 Å². The van der Waals surface area contributed by atoms with Gasteiger partial charge in [0.25, 0.3) is 0 Å². The summed E-state index contributed by atoms with van der Waals surface area (Å²) in [5.41, 5.74) is 6.12. The minimum atomic E-state index is 0.609. The molecule has 0 saturated carbocycles. The van der Waals surface area contributed by atoms with Gasteiger partial charge in [-0.15, -0.1) is 5.10 Å². The summed E-state index contributed by atoms with van der Waals surface area (Å²) >= 11 is 0. The number of aryl methyl sites for hydroxylation is 1. The van der Waals surface area contributed by atoms with E-state index < -0.39 is 0 Å². The highest BCUT2D eigenvalue weighted by Gasteiger charge is 2.18. The molecule has 0 unspecified atom stereocenters.